The van der Waals surface area contributed by atoms with Gasteiger partial charge in [0.15, 0.2) is 0 Å². The van der Waals surface area contributed by atoms with Gasteiger partial charge in [-0.25, -0.2) is 0 Å². The number of aliphatic hydroxyl groups excluding tert-OH is 3. The van der Waals surface area contributed by atoms with Crippen LogP contribution in [0.3, 0.4) is 0 Å². The summed E-state index contributed by atoms with van der Waals surface area (Å²) in [5.41, 5.74) is 0. The standard InChI is InChI=1S/C10H18N2O6/c1-12(3-8(14)15)7(11)2-5-9(16)10(17)6(4-13)18-5/h5-6,9-11,13,16-17H,2-4H2,1H3,(H,14,15)/t5-,6+,9-,10+/m0/s1. The molecule has 0 aromatic carbocycles. The average molecular weight is 262 g/mol. The quantitative estimate of drug-likeness (QED) is 0.282. The average Bonchev–Trinajstić information content (AvgIpc) is 2.56. The highest BCUT2D eigenvalue weighted by Crippen LogP contribution is 2.23. The highest BCUT2D eigenvalue weighted by atomic mass is 16.6. The van der Waals surface area contributed by atoms with Gasteiger partial charge in [0.2, 0.25) is 0 Å². The molecule has 0 radical (unpaired) electrons. The molecule has 0 spiro atoms. The Kier molecular flexibility index (Phi) is 5.03. The molecule has 8 nitrogen and oxygen atoms in total. The summed E-state index contributed by atoms with van der Waals surface area (Å²) in [5, 5.41) is 44.3. The Morgan fingerprint density at radius 1 is 1.33 bits per heavy atom. The first-order valence-electron chi connectivity index (χ1n) is 5.49. The van der Waals surface area contributed by atoms with E-state index in [4.69, 9.17) is 20.4 Å². The van der Waals surface area contributed by atoms with E-state index in [2.05, 4.69) is 0 Å². The summed E-state index contributed by atoms with van der Waals surface area (Å²) in [6, 6.07) is 0. The number of nitrogens with one attached hydrogen (secondary N) is 1. The molecule has 8 heteroatoms. The molecule has 1 aliphatic heterocycles. The lowest BCUT2D eigenvalue weighted by Crippen LogP contribution is -2.38. The third kappa shape index (κ3) is 3.39. The Bertz CT molecular complexity index is 323. The lowest BCUT2D eigenvalue weighted by molar-refractivity contribution is -0.137. The van der Waals surface area contributed by atoms with E-state index in [0.29, 0.717) is 0 Å². The molecule has 0 aromatic rings. The number of likely N-dealkylation sites (N-methyl/N-ethyl adjacent to an activating group) is 1. The van der Waals surface area contributed by atoms with Crippen molar-refractivity contribution in [2.24, 2.45) is 0 Å². The maximum Gasteiger partial charge on any atom is 0.323 e. The Morgan fingerprint density at radius 2 is 1.89 bits per heavy atom. The van der Waals surface area contributed by atoms with Crippen LogP contribution in [0.2, 0.25) is 0 Å². The van der Waals surface area contributed by atoms with Crippen molar-refractivity contribution in [2.45, 2.75) is 30.8 Å². The van der Waals surface area contributed by atoms with Crippen LogP contribution in [0.1, 0.15) is 6.42 Å². The molecule has 1 heterocycles. The Morgan fingerprint density at radius 3 is 2.33 bits per heavy atom. The van der Waals surface area contributed by atoms with Crippen molar-refractivity contribution in [3.05, 3.63) is 0 Å². The van der Waals surface area contributed by atoms with Crippen molar-refractivity contribution >= 4 is 11.8 Å². The largest absolute Gasteiger partial charge is 0.480 e. The molecule has 0 amide bonds. The molecule has 4 atom stereocenters. The molecule has 5 N–H and O–H groups in total. The molecule has 1 fully saturated rings. The maximum atomic E-state index is 10.5. The van der Waals surface area contributed by atoms with Crippen LogP contribution in [0.4, 0.5) is 0 Å². The Balaban J connectivity index is 2.52. The predicted molar refractivity (Wildman–Crippen MR) is 60.4 cm³/mol. The number of nitrogens with zero attached hydrogens (tertiary/aromatic N) is 1. The van der Waals surface area contributed by atoms with E-state index >= 15 is 0 Å². The van der Waals surface area contributed by atoms with Gasteiger partial charge in [-0.15, -0.1) is 0 Å². The second kappa shape index (κ2) is 6.10. The summed E-state index contributed by atoms with van der Waals surface area (Å²) < 4.78 is 5.20. The summed E-state index contributed by atoms with van der Waals surface area (Å²) in [6.45, 7) is -0.749. The van der Waals surface area contributed by atoms with Crippen molar-refractivity contribution in [3.63, 3.8) is 0 Å². The van der Waals surface area contributed by atoms with Gasteiger partial charge in [-0.1, -0.05) is 0 Å². The van der Waals surface area contributed by atoms with Crippen LogP contribution < -0.4 is 0 Å². The smallest absolute Gasteiger partial charge is 0.323 e. The van der Waals surface area contributed by atoms with Crippen molar-refractivity contribution in [2.75, 3.05) is 20.2 Å². The van der Waals surface area contributed by atoms with E-state index in [1.165, 1.54) is 11.9 Å². The van der Waals surface area contributed by atoms with E-state index in [0.717, 1.165) is 0 Å². The van der Waals surface area contributed by atoms with Crippen molar-refractivity contribution < 1.29 is 30.0 Å². The second-order valence-electron chi connectivity index (χ2n) is 4.28. The fourth-order valence-corrected chi connectivity index (χ4v) is 1.79. The molecule has 0 unspecified atom stereocenters. The third-order valence-corrected chi connectivity index (χ3v) is 2.87. The molecular weight excluding hydrogens is 244 g/mol. The monoisotopic (exact) mass is 262 g/mol. The zero-order chi connectivity index (χ0) is 13.9. The first-order chi connectivity index (χ1) is 8.36. The van der Waals surface area contributed by atoms with Gasteiger partial charge < -0.3 is 30.1 Å². The van der Waals surface area contributed by atoms with Crippen LogP contribution in [0, 0.1) is 5.41 Å². The maximum absolute atomic E-state index is 10.5. The van der Waals surface area contributed by atoms with Crippen LogP contribution in [0.5, 0.6) is 0 Å². The summed E-state index contributed by atoms with van der Waals surface area (Å²) in [6.07, 6.45) is -4.11. The van der Waals surface area contributed by atoms with Gasteiger partial charge >= 0.3 is 5.97 Å². The van der Waals surface area contributed by atoms with Crippen LogP contribution in [-0.4, -0.2) is 81.7 Å². The van der Waals surface area contributed by atoms with Crippen molar-refractivity contribution in [3.8, 4) is 0 Å². The second-order valence-corrected chi connectivity index (χ2v) is 4.28. The highest BCUT2D eigenvalue weighted by Gasteiger charge is 2.42. The fourth-order valence-electron chi connectivity index (χ4n) is 1.79. The molecule has 1 saturated heterocycles. The molecule has 104 valence electrons. The minimum Gasteiger partial charge on any atom is -0.480 e. The van der Waals surface area contributed by atoms with E-state index in [-0.39, 0.29) is 18.8 Å². The predicted octanol–water partition coefficient (Wildman–Crippen LogP) is -2.15. The van der Waals surface area contributed by atoms with E-state index < -0.39 is 37.0 Å². The summed E-state index contributed by atoms with van der Waals surface area (Å²) in [7, 11) is 1.44. The summed E-state index contributed by atoms with van der Waals surface area (Å²) in [4.78, 5) is 11.7. The minimum absolute atomic E-state index is 0.0211. The molecule has 0 bridgehead atoms. The number of amidine groups is 1. The van der Waals surface area contributed by atoms with Crippen molar-refractivity contribution in [1.82, 2.24) is 4.90 Å². The fraction of sp³-hybridized carbons (Fsp3) is 0.800. The molecule has 18 heavy (non-hydrogen) atoms. The van der Waals surface area contributed by atoms with Crippen LogP contribution >= 0.6 is 0 Å². The van der Waals surface area contributed by atoms with Gasteiger partial charge in [0.1, 0.15) is 24.9 Å². The first kappa shape index (κ1) is 14.8. The lowest BCUT2D eigenvalue weighted by Gasteiger charge is -2.21. The molecular formula is C10H18N2O6. The van der Waals surface area contributed by atoms with Gasteiger partial charge in [-0.3, -0.25) is 10.2 Å². The zero-order valence-corrected chi connectivity index (χ0v) is 9.98. The number of aliphatic carboxylic acids is 1. The van der Waals surface area contributed by atoms with E-state index in [1.54, 1.807) is 0 Å². The number of carbonyl (C=O) groups is 1. The first-order valence-corrected chi connectivity index (χ1v) is 5.49. The normalized spacial score (nSPS) is 31.3. The molecule has 1 aliphatic rings. The molecule has 1 rings (SSSR count). The van der Waals surface area contributed by atoms with Gasteiger partial charge in [-0.2, -0.15) is 0 Å². The van der Waals surface area contributed by atoms with Gasteiger partial charge in [-0.05, 0) is 0 Å². The van der Waals surface area contributed by atoms with Crippen LogP contribution in [0.25, 0.3) is 0 Å². The van der Waals surface area contributed by atoms with Gasteiger partial charge in [0, 0.05) is 13.5 Å². The van der Waals surface area contributed by atoms with E-state index in [9.17, 15) is 15.0 Å². The van der Waals surface area contributed by atoms with E-state index in [1.807, 2.05) is 0 Å². The number of carboxylic acids is 1. The number of carboxylic acid groups (broad SMARTS) is 1. The third-order valence-electron chi connectivity index (χ3n) is 2.87. The number of hydrogen-bond acceptors (Lipinski definition) is 6. The number of hydrogen-bond donors (Lipinski definition) is 5. The van der Waals surface area contributed by atoms with Crippen LogP contribution in [0.15, 0.2) is 0 Å². The summed E-state index contributed by atoms with van der Waals surface area (Å²) >= 11 is 0. The van der Waals surface area contributed by atoms with Crippen molar-refractivity contribution in [1.29, 1.82) is 5.41 Å². The number of ether oxygens (including phenoxy) is 1. The molecule has 0 aliphatic carbocycles. The topological polar surface area (TPSA) is 134 Å². The molecule has 0 saturated carbocycles. The molecule has 0 aromatic heterocycles. The number of rotatable bonds is 5. The SMILES string of the molecule is CN(CC(=O)O)C(=N)C[C@@H]1O[C@H](CO)[C@@H](O)[C@H]1O. The van der Waals surface area contributed by atoms with Gasteiger partial charge in [0.25, 0.3) is 0 Å². The number of aliphatic hydroxyl groups is 3. The van der Waals surface area contributed by atoms with Crippen LogP contribution in [-0.2, 0) is 9.53 Å². The Labute approximate surface area is 104 Å². The highest BCUT2D eigenvalue weighted by molar-refractivity contribution is 5.83. The minimum atomic E-state index is -1.20. The van der Waals surface area contributed by atoms with Gasteiger partial charge in [0.05, 0.1) is 18.5 Å². The Hall–Kier alpha value is -1.22. The zero-order valence-electron chi connectivity index (χ0n) is 9.98. The summed E-state index contributed by atoms with van der Waals surface area (Å²) in [5.74, 6) is -1.09. The lowest BCUT2D eigenvalue weighted by atomic mass is 10.1.